The van der Waals surface area contributed by atoms with E-state index in [-0.39, 0.29) is 11.9 Å². The molecule has 20 heavy (non-hydrogen) atoms. The van der Waals surface area contributed by atoms with Gasteiger partial charge in [0, 0.05) is 25.3 Å². The summed E-state index contributed by atoms with van der Waals surface area (Å²) in [6.45, 7) is 1.92. The fourth-order valence-electron chi connectivity index (χ4n) is 2.11. The van der Waals surface area contributed by atoms with E-state index < -0.39 is 0 Å². The van der Waals surface area contributed by atoms with Crippen LogP contribution in [0.5, 0.6) is 0 Å². The summed E-state index contributed by atoms with van der Waals surface area (Å²) in [5.74, 6) is -0.205. The van der Waals surface area contributed by atoms with Gasteiger partial charge in [-0.15, -0.1) is 0 Å². The van der Waals surface area contributed by atoms with E-state index in [1.54, 1.807) is 12.1 Å². The minimum atomic E-state index is -0.205. The molecular formula is C16H18ClFN2. The van der Waals surface area contributed by atoms with Gasteiger partial charge in [0.15, 0.2) is 0 Å². The first-order valence-electron chi connectivity index (χ1n) is 6.47. The predicted molar refractivity (Wildman–Crippen MR) is 84.2 cm³/mol. The van der Waals surface area contributed by atoms with Crippen LogP contribution in [-0.4, -0.2) is 14.1 Å². The Morgan fingerprint density at radius 2 is 1.85 bits per heavy atom. The molecule has 0 aliphatic heterocycles. The van der Waals surface area contributed by atoms with Crippen LogP contribution in [0.4, 0.5) is 15.8 Å². The van der Waals surface area contributed by atoms with Gasteiger partial charge in [-0.05, 0) is 31.2 Å². The quantitative estimate of drug-likeness (QED) is 0.877. The van der Waals surface area contributed by atoms with Gasteiger partial charge in [0.2, 0.25) is 0 Å². The highest BCUT2D eigenvalue weighted by Crippen LogP contribution is 2.29. The minimum Gasteiger partial charge on any atom is -0.378 e. The van der Waals surface area contributed by atoms with Crippen molar-refractivity contribution >= 4 is 23.0 Å². The lowest BCUT2D eigenvalue weighted by molar-refractivity contribution is 0.600. The van der Waals surface area contributed by atoms with Crippen molar-refractivity contribution in [1.82, 2.24) is 0 Å². The maximum Gasteiger partial charge on any atom is 0.128 e. The van der Waals surface area contributed by atoms with Crippen LogP contribution in [0.2, 0.25) is 5.02 Å². The smallest absolute Gasteiger partial charge is 0.128 e. The first-order valence-corrected chi connectivity index (χ1v) is 6.84. The summed E-state index contributed by atoms with van der Waals surface area (Å²) in [7, 11) is 3.88. The molecule has 0 saturated carbocycles. The van der Waals surface area contributed by atoms with E-state index in [0.717, 1.165) is 11.4 Å². The summed E-state index contributed by atoms with van der Waals surface area (Å²) in [5.41, 5.74) is 2.47. The maximum absolute atomic E-state index is 13.7. The van der Waals surface area contributed by atoms with E-state index in [9.17, 15) is 4.39 Å². The molecule has 1 unspecified atom stereocenters. The Bertz CT molecular complexity index is 599. The van der Waals surface area contributed by atoms with Crippen molar-refractivity contribution in [2.45, 2.75) is 13.0 Å². The number of rotatable bonds is 4. The normalized spacial score (nSPS) is 12.1. The van der Waals surface area contributed by atoms with Gasteiger partial charge in [-0.1, -0.05) is 29.8 Å². The molecule has 1 atom stereocenters. The molecule has 0 amide bonds. The van der Waals surface area contributed by atoms with E-state index in [2.05, 4.69) is 5.32 Å². The maximum atomic E-state index is 13.7. The van der Waals surface area contributed by atoms with Crippen LogP contribution in [0.15, 0.2) is 42.5 Å². The Hall–Kier alpha value is -1.74. The van der Waals surface area contributed by atoms with Crippen LogP contribution < -0.4 is 10.2 Å². The Morgan fingerprint density at radius 1 is 1.15 bits per heavy atom. The third kappa shape index (κ3) is 3.23. The molecule has 0 heterocycles. The van der Waals surface area contributed by atoms with Crippen molar-refractivity contribution in [2.24, 2.45) is 0 Å². The molecule has 0 saturated heterocycles. The topological polar surface area (TPSA) is 15.3 Å². The number of nitrogens with one attached hydrogen (secondary N) is 1. The molecule has 0 radical (unpaired) electrons. The molecule has 0 bridgehead atoms. The van der Waals surface area contributed by atoms with Gasteiger partial charge < -0.3 is 10.2 Å². The van der Waals surface area contributed by atoms with Crippen molar-refractivity contribution in [3.8, 4) is 0 Å². The van der Waals surface area contributed by atoms with Crippen molar-refractivity contribution in [3.63, 3.8) is 0 Å². The van der Waals surface area contributed by atoms with E-state index >= 15 is 0 Å². The van der Waals surface area contributed by atoms with Gasteiger partial charge in [-0.25, -0.2) is 4.39 Å². The lowest BCUT2D eigenvalue weighted by Gasteiger charge is -2.19. The second-order valence-electron chi connectivity index (χ2n) is 4.95. The molecule has 0 aromatic heterocycles. The lowest BCUT2D eigenvalue weighted by Crippen LogP contribution is -2.11. The number of nitrogens with zero attached hydrogens (tertiary/aromatic N) is 1. The van der Waals surface area contributed by atoms with Crippen LogP contribution in [0.25, 0.3) is 0 Å². The van der Waals surface area contributed by atoms with Gasteiger partial charge >= 0.3 is 0 Å². The molecule has 1 N–H and O–H groups in total. The van der Waals surface area contributed by atoms with E-state index in [0.29, 0.717) is 10.6 Å². The zero-order chi connectivity index (χ0) is 14.7. The van der Waals surface area contributed by atoms with E-state index in [1.165, 1.54) is 6.07 Å². The minimum absolute atomic E-state index is 0.127. The average Bonchev–Trinajstić information content (AvgIpc) is 2.38. The third-order valence-electron chi connectivity index (χ3n) is 3.18. The first-order chi connectivity index (χ1) is 9.49. The Morgan fingerprint density at radius 3 is 2.45 bits per heavy atom. The van der Waals surface area contributed by atoms with Crippen LogP contribution in [0.3, 0.4) is 0 Å². The average molecular weight is 293 g/mol. The van der Waals surface area contributed by atoms with Crippen molar-refractivity contribution < 1.29 is 4.39 Å². The van der Waals surface area contributed by atoms with Crippen LogP contribution >= 0.6 is 11.6 Å². The predicted octanol–water partition coefficient (Wildman–Crippen LogP) is 4.72. The molecule has 4 heteroatoms. The second kappa shape index (κ2) is 6.14. The van der Waals surface area contributed by atoms with Gasteiger partial charge in [-0.3, -0.25) is 0 Å². The highest BCUT2D eigenvalue weighted by atomic mass is 35.5. The number of hydrogen-bond donors (Lipinski definition) is 1. The fourth-order valence-corrected chi connectivity index (χ4v) is 2.46. The zero-order valence-electron chi connectivity index (χ0n) is 11.8. The summed E-state index contributed by atoms with van der Waals surface area (Å²) in [6, 6.07) is 12.4. The number of benzene rings is 2. The Labute approximate surface area is 124 Å². The Kier molecular flexibility index (Phi) is 4.50. The highest BCUT2D eigenvalue weighted by Gasteiger charge is 2.11. The lowest BCUT2D eigenvalue weighted by atomic mass is 10.1. The SMILES string of the molecule is CC(Nc1ccc(N(C)C)c(Cl)c1)c1ccccc1F. The molecule has 0 spiro atoms. The van der Waals surface area contributed by atoms with Crippen LogP contribution in [0, 0.1) is 5.82 Å². The molecule has 0 fully saturated rings. The van der Waals surface area contributed by atoms with Crippen LogP contribution in [0.1, 0.15) is 18.5 Å². The monoisotopic (exact) mass is 292 g/mol. The van der Waals surface area contributed by atoms with Gasteiger partial charge in [-0.2, -0.15) is 0 Å². The fraction of sp³-hybridized carbons (Fsp3) is 0.250. The summed E-state index contributed by atoms with van der Waals surface area (Å²) < 4.78 is 13.7. The van der Waals surface area contributed by atoms with Gasteiger partial charge in [0.05, 0.1) is 16.8 Å². The van der Waals surface area contributed by atoms with Crippen LogP contribution in [-0.2, 0) is 0 Å². The van der Waals surface area contributed by atoms with E-state index in [1.807, 2.05) is 50.2 Å². The summed E-state index contributed by atoms with van der Waals surface area (Å²) in [4.78, 5) is 1.95. The zero-order valence-corrected chi connectivity index (χ0v) is 12.6. The highest BCUT2D eigenvalue weighted by molar-refractivity contribution is 6.33. The molecule has 106 valence electrons. The molecule has 2 aromatic rings. The van der Waals surface area contributed by atoms with E-state index in [4.69, 9.17) is 11.6 Å². The molecular weight excluding hydrogens is 275 g/mol. The van der Waals surface area contributed by atoms with Gasteiger partial charge in [0.1, 0.15) is 5.82 Å². The molecule has 0 aliphatic carbocycles. The number of anilines is 2. The van der Waals surface area contributed by atoms with Crippen molar-refractivity contribution in [2.75, 3.05) is 24.3 Å². The number of hydrogen-bond acceptors (Lipinski definition) is 2. The molecule has 2 rings (SSSR count). The van der Waals surface area contributed by atoms with Gasteiger partial charge in [0.25, 0.3) is 0 Å². The van der Waals surface area contributed by atoms with Crippen molar-refractivity contribution in [3.05, 3.63) is 58.9 Å². The number of halogens is 2. The third-order valence-corrected chi connectivity index (χ3v) is 3.49. The largest absolute Gasteiger partial charge is 0.378 e. The molecule has 0 aliphatic rings. The second-order valence-corrected chi connectivity index (χ2v) is 5.36. The van der Waals surface area contributed by atoms with Crippen molar-refractivity contribution in [1.29, 1.82) is 0 Å². The summed E-state index contributed by atoms with van der Waals surface area (Å²) >= 11 is 6.23. The summed E-state index contributed by atoms with van der Waals surface area (Å²) in [5, 5.41) is 3.93. The molecule has 2 nitrogen and oxygen atoms in total. The Balaban J connectivity index is 2.18. The first kappa shape index (κ1) is 14.7. The summed E-state index contributed by atoms with van der Waals surface area (Å²) in [6.07, 6.45) is 0. The molecule has 2 aromatic carbocycles. The standard InChI is InChI=1S/C16H18ClFN2/c1-11(13-6-4-5-7-15(13)18)19-12-8-9-16(20(2)3)14(17)10-12/h4-11,19H,1-3H3.